The third-order valence-corrected chi connectivity index (χ3v) is 1.38. The molecule has 0 aromatic rings. The summed E-state index contributed by atoms with van der Waals surface area (Å²) in [6.07, 6.45) is 8.82. The summed E-state index contributed by atoms with van der Waals surface area (Å²) in [5.41, 5.74) is 1.14. The Labute approximate surface area is 68.1 Å². The maximum atomic E-state index is 9.97. The second-order valence-corrected chi connectivity index (χ2v) is 2.24. The molecule has 60 valence electrons. The molecule has 1 heteroatoms. The normalized spacial score (nSPS) is 10.7. The van der Waals surface area contributed by atoms with E-state index in [0.717, 1.165) is 24.7 Å². The van der Waals surface area contributed by atoms with Crippen molar-refractivity contribution >= 4 is 6.29 Å². The van der Waals surface area contributed by atoms with E-state index >= 15 is 0 Å². The van der Waals surface area contributed by atoms with E-state index in [1.807, 2.05) is 6.08 Å². The van der Waals surface area contributed by atoms with Crippen LogP contribution in [0.4, 0.5) is 0 Å². The number of rotatable bonds is 6. The van der Waals surface area contributed by atoms with Crippen LogP contribution in [0, 0.1) is 0 Å². The molecule has 0 radical (unpaired) electrons. The van der Waals surface area contributed by atoms with Crippen LogP contribution in [0.15, 0.2) is 37.0 Å². The molecule has 0 saturated carbocycles. The lowest BCUT2D eigenvalue weighted by Gasteiger charge is -1.96. The second kappa shape index (κ2) is 7.00. The highest BCUT2D eigenvalue weighted by atomic mass is 16.1. The summed E-state index contributed by atoms with van der Waals surface area (Å²) in [5.74, 6) is 0. The van der Waals surface area contributed by atoms with Crippen LogP contribution in [0.5, 0.6) is 0 Å². The number of carbonyl (C=O) groups excluding carboxylic acids is 1. The topological polar surface area (TPSA) is 17.1 Å². The quantitative estimate of drug-likeness (QED) is 0.323. The van der Waals surface area contributed by atoms with Gasteiger partial charge in [0, 0.05) is 6.42 Å². The fraction of sp³-hybridized carbons (Fsp3) is 0.300. The summed E-state index contributed by atoms with van der Waals surface area (Å²) in [4.78, 5) is 9.97. The van der Waals surface area contributed by atoms with Crippen molar-refractivity contribution in [2.45, 2.75) is 19.3 Å². The number of carbonyl (C=O) groups is 1. The Morgan fingerprint density at radius 3 is 2.55 bits per heavy atom. The smallest absolute Gasteiger partial charge is 0.120 e. The Kier molecular flexibility index (Phi) is 6.30. The molecule has 0 N–H and O–H groups in total. The second-order valence-electron chi connectivity index (χ2n) is 2.24. The van der Waals surface area contributed by atoms with Gasteiger partial charge in [-0.3, -0.25) is 0 Å². The minimum atomic E-state index is 0.627. The molecule has 0 rings (SSSR count). The standard InChI is InChI=1S/C10H14O/c1-3-7-10(4-2)8-5-6-9-11/h3-4,7,9H,1-2,5-6,8H2/b10-7+. The lowest BCUT2D eigenvalue weighted by atomic mass is 10.1. The maximum absolute atomic E-state index is 9.97. The number of aldehydes is 1. The van der Waals surface area contributed by atoms with Gasteiger partial charge in [-0.25, -0.2) is 0 Å². The minimum Gasteiger partial charge on any atom is -0.303 e. The molecular formula is C10H14O. The van der Waals surface area contributed by atoms with Crippen molar-refractivity contribution in [1.29, 1.82) is 0 Å². The SMILES string of the molecule is C=C/C=C(\C=C)CCCC=O. The Bertz CT molecular complexity index is 166. The highest BCUT2D eigenvalue weighted by Crippen LogP contribution is 2.07. The van der Waals surface area contributed by atoms with Crippen molar-refractivity contribution in [3.63, 3.8) is 0 Å². The third-order valence-electron chi connectivity index (χ3n) is 1.38. The highest BCUT2D eigenvalue weighted by molar-refractivity contribution is 5.49. The molecule has 0 bridgehead atoms. The average molecular weight is 150 g/mol. The van der Waals surface area contributed by atoms with Gasteiger partial charge in [0.05, 0.1) is 0 Å². The van der Waals surface area contributed by atoms with Gasteiger partial charge in [0.25, 0.3) is 0 Å². The van der Waals surface area contributed by atoms with Crippen LogP contribution in [0.2, 0.25) is 0 Å². The predicted molar refractivity (Wildman–Crippen MR) is 48.4 cm³/mol. The van der Waals surface area contributed by atoms with E-state index in [4.69, 9.17) is 0 Å². The van der Waals surface area contributed by atoms with Crippen molar-refractivity contribution in [2.24, 2.45) is 0 Å². The van der Waals surface area contributed by atoms with E-state index < -0.39 is 0 Å². The van der Waals surface area contributed by atoms with E-state index in [-0.39, 0.29) is 0 Å². The molecule has 0 aliphatic carbocycles. The van der Waals surface area contributed by atoms with Gasteiger partial charge in [-0.15, -0.1) is 0 Å². The number of allylic oxidation sites excluding steroid dienone is 4. The molecule has 0 saturated heterocycles. The van der Waals surface area contributed by atoms with Gasteiger partial charge in [-0.1, -0.05) is 31.4 Å². The van der Waals surface area contributed by atoms with Crippen LogP contribution in [0.25, 0.3) is 0 Å². The van der Waals surface area contributed by atoms with Crippen LogP contribution < -0.4 is 0 Å². The largest absolute Gasteiger partial charge is 0.303 e. The lowest BCUT2D eigenvalue weighted by Crippen LogP contribution is -1.80. The van der Waals surface area contributed by atoms with Crippen molar-refractivity contribution in [3.8, 4) is 0 Å². The van der Waals surface area contributed by atoms with Gasteiger partial charge in [0.1, 0.15) is 6.29 Å². The molecule has 0 unspecified atom stereocenters. The summed E-state index contributed by atoms with van der Waals surface area (Å²) >= 11 is 0. The van der Waals surface area contributed by atoms with Crippen LogP contribution in [-0.2, 0) is 4.79 Å². The van der Waals surface area contributed by atoms with Crippen LogP contribution in [0.1, 0.15) is 19.3 Å². The van der Waals surface area contributed by atoms with Gasteiger partial charge < -0.3 is 4.79 Å². The summed E-state index contributed by atoms with van der Waals surface area (Å²) < 4.78 is 0. The molecule has 0 fully saturated rings. The van der Waals surface area contributed by atoms with Gasteiger partial charge in [0.15, 0.2) is 0 Å². The van der Waals surface area contributed by atoms with E-state index in [2.05, 4.69) is 13.2 Å². The first kappa shape index (κ1) is 9.89. The van der Waals surface area contributed by atoms with Crippen LogP contribution >= 0.6 is 0 Å². The van der Waals surface area contributed by atoms with Gasteiger partial charge in [-0.05, 0) is 18.4 Å². The van der Waals surface area contributed by atoms with Gasteiger partial charge in [0.2, 0.25) is 0 Å². The highest BCUT2D eigenvalue weighted by Gasteiger charge is 1.89. The Balaban J connectivity index is 3.69. The number of hydrogen-bond acceptors (Lipinski definition) is 1. The summed E-state index contributed by atoms with van der Waals surface area (Å²) in [6, 6.07) is 0. The van der Waals surface area contributed by atoms with E-state index in [0.29, 0.717) is 6.42 Å². The molecule has 1 nitrogen and oxygen atoms in total. The van der Waals surface area contributed by atoms with E-state index in [9.17, 15) is 4.79 Å². The lowest BCUT2D eigenvalue weighted by molar-refractivity contribution is -0.107. The van der Waals surface area contributed by atoms with E-state index in [1.165, 1.54) is 0 Å². The zero-order valence-electron chi connectivity index (χ0n) is 6.75. The molecular weight excluding hydrogens is 136 g/mol. The molecule has 11 heavy (non-hydrogen) atoms. The number of unbranched alkanes of at least 4 members (excludes halogenated alkanes) is 1. The average Bonchev–Trinajstić information content (AvgIpc) is 2.03. The Morgan fingerprint density at radius 1 is 1.36 bits per heavy atom. The maximum Gasteiger partial charge on any atom is 0.120 e. The molecule has 0 aliphatic rings. The zero-order valence-corrected chi connectivity index (χ0v) is 6.75. The third kappa shape index (κ3) is 5.34. The van der Waals surface area contributed by atoms with Crippen LogP contribution in [-0.4, -0.2) is 6.29 Å². The molecule has 0 heterocycles. The van der Waals surface area contributed by atoms with Gasteiger partial charge >= 0.3 is 0 Å². The fourth-order valence-corrected chi connectivity index (χ4v) is 0.794. The molecule has 0 atom stereocenters. The zero-order chi connectivity index (χ0) is 8.53. The molecule has 0 amide bonds. The van der Waals surface area contributed by atoms with Crippen molar-refractivity contribution < 1.29 is 4.79 Å². The van der Waals surface area contributed by atoms with Gasteiger partial charge in [-0.2, -0.15) is 0 Å². The predicted octanol–water partition coefficient (Wildman–Crippen LogP) is 2.65. The molecule has 0 spiro atoms. The fourth-order valence-electron chi connectivity index (χ4n) is 0.794. The Hall–Kier alpha value is -1.11. The first-order valence-corrected chi connectivity index (χ1v) is 3.72. The molecule has 0 aromatic carbocycles. The van der Waals surface area contributed by atoms with Crippen molar-refractivity contribution in [2.75, 3.05) is 0 Å². The molecule has 0 aromatic heterocycles. The summed E-state index contributed by atoms with van der Waals surface area (Å²) in [7, 11) is 0. The summed E-state index contributed by atoms with van der Waals surface area (Å²) in [6.45, 7) is 7.24. The monoisotopic (exact) mass is 150 g/mol. The first-order chi connectivity index (χ1) is 5.35. The first-order valence-electron chi connectivity index (χ1n) is 3.72. The van der Waals surface area contributed by atoms with E-state index in [1.54, 1.807) is 12.2 Å². The minimum absolute atomic E-state index is 0.627. The number of hydrogen-bond donors (Lipinski definition) is 0. The molecule has 0 aliphatic heterocycles. The Morgan fingerprint density at radius 2 is 2.09 bits per heavy atom. The van der Waals surface area contributed by atoms with Crippen molar-refractivity contribution in [1.82, 2.24) is 0 Å². The summed E-state index contributed by atoms with van der Waals surface area (Å²) in [5, 5.41) is 0. The van der Waals surface area contributed by atoms with Crippen LogP contribution in [0.3, 0.4) is 0 Å². The van der Waals surface area contributed by atoms with Crippen molar-refractivity contribution in [3.05, 3.63) is 37.0 Å².